The van der Waals surface area contributed by atoms with Gasteiger partial charge in [0.15, 0.2) is 0 Å². The molecule has 2 aliphatic heterocycles. The summed E-state index contributed by atoms with van der Waals surface area (Å²) in [6.07, 6.45) is 2.02. The summed E-state index contributed by atoms with van der Waals surface area (Å²) in [5.74, 6) is 1.07. The van der Waals surface area contributed by atoms with Crippen molar-refractivity contribution < 1.29 is 14.2 Å². The van der Waals surface area contributed by atoms with Crippen LogP contribution in [-0.4, -0.2) is 74.3 Å². The number of methoxy groups -OCH3 is 1. The Morgan fingerprint density at radius 3 is 2.27 bits per heavy atom. The molecule has 2 saturated heterocycles. The van der Waals surface area contributed by atoms with Crippen LogP contribution in [0.3, 0.4) is 0 Å². The molecule has 7 nitrogen and oxygen atoms in total. The van der Waals surface area contributed by atoms with Gasteiger partial charge in [0.2, 0.25) is 5.90 Å². The van der Waals surface area contributed by atoms with E-state index in [1.165, 1.54) is 0 Å². The number of likely N-dealkylation sites (tertiary alicyclic amines) is 1. The second-order valence-electron chi connectivity index (χ2n) is 7.71. The molecule has 0 saturated carbocycles. The van der Waals surface area contributed by atoms with Gasteiger partial charge >= 0.3 is 0 Å². The molecule has 0 aliphatic carbocycles. The van der Waals surface area contributed by atoms with E-state index in [-0.39, 0.29) is 11.9 Å². The fraction of sp³-hybridized carbons (Fsp3) is 0.652. The summed E-state index contributed by atoms with van der Waals surface area (Å²) >= 11 is 0. The maximum Gasteiger partial charge on any atom is 0.291 e. The van der Waals surface area contributed by atoms with Crippen LogP contribution in [0.2, 0.25) is 0 Å². The lowest BCUT2D eigenvalue weighted by Gasteiger charge is -2.40. The van der Waals surface area contributed by atoms with Gasteiger partial charge in [-0.15, -0.1) is 0 Å². The van der Waals surface area contributed by atoms with E-state index >= 15 is 0 Å². The molecule has 1 aromatic carbocycles. The highest BCUT2D eigenvalue weighted by Crippen LogP contribution is 2.27. The van der Waals surface area contributed by atoms with Crippen LogP contribution in [0, 0.1) is 10.8 Å². The van der Waals surface area contributed by atoms with Crippen molar-refractivity contribution >= 4 is 11.9 Å². The molecule has 2 heterocycles. The number of hydrogen-bond acceptors (Lipinski definition) is 6. The number of morpholine rings is 1. The number of ether oxygens (including phenoxy) is 3. The number of nitrogens with zero attached hydrogens (tertiary/aromatic N) is 2. The summed E-state index contributed by atoms with van der Waals surface area (Å²) < 4.78 is 16.5. The zero-order valence-electron chi connectivity index (χ0n) is 19.2. The van der Waals surface area contributed by atoms with Crippen LogP contribution in [-0.2, 0) is 9.47 Å². The van der Waals surface area contributed by atoms with Crippen LogP contribution in [0.5, 0.6) is 5.75 Å². The number of rotatable bonds is 4. The Morgan fingerprint density at radius 1 is 1.07 bits per heavy atom. The SMILES string of the molecule is CC.COc1cc(C(=N)OC(=N)N2CCC(N3CCOCC3)CC2)ccc1C(C)C. The van der Waals surface area contributed by atoms with E-state index < -0.39 is 0 Å². The molecule has 0 bridgehead atoms. The molecule has 7 heteroatoms. The van der Waals surface area contributed by atoms with Gasteiger partial charge in [0.1, 0.15) is 5.75 Å². The summed E-state index contributed by atoms with van der Waals surface area (Å²) in [6.45, 7) is 13.4. The van der Waals surface area contributed by atoms with Crippen LogP contribution in [0.15, 0.2) is 18.2 Å². The number of amidine groups is 1. The van der Waals surface area contributed by atoms with E-state index in [2.05, 4.69) is 18.7 Å². The minimum absolute atomic E-state index is 0.0195. The van der Waals surface area contributed by atoms with Crippen molar-refractivity contribution in [3.63, 3.8) is 0 Å². The molecule has 0 amide bonds. The second-order valence-corrected chi connectivity index (χ2v) is 7.71. The normalized spacial score (nSPS) is 17.9. The Bertz CT molecular complexity index is 694. The molecular formula is C23H38N4O3. The minimum Gasteiger partial charge on any atom is -0.496 e. The molecule has 0 radical (unpaired) electrons. The summed E-state index contributed by atoms with van der Waals surface area (Å²) in [5, 5.41) is 16.5. The zero-order valence-corrected chi connectivity index (χ0v) is 19.2. The average molecular weight is 419 g/mol. The lowest BCUT2D eigenvalue weighted by atomic mass is 10.0. The smallest absolute Gasteiger partial charge is 0.291 e. The third-order valence-electron chi connectivity index (χ3n) is 5.63. The number of hydrogen-bond donors (Lipinski definition) is 2. The van der Waals surface area contributed by atoms with Crippen molar-refractivity contribution in [3.8, 4) is 5.75 Å². The van der Waals surface area contributed by atoms with Gasteiger partial charge in [-0.2, -0.15) is 0 Å². The van der Waals surface area contributed by atoms with Gasteiger partial charge < -0.3 is 19.1 Å². The van der Waals surface area contributed by atoms with E-state index in [9.17, 15) is 0 Å². The lowest BCUT2D eigenvalue weighted by molar-refractivity contribution is 0.00452. The van der Waals surface area contributed by atoms with Crippen LogP contribution in [0.1, 0.15) is 57.6 Å². The predicted octanol–water partition coefficient (Wildman–Crippen LogP) is 3.92. The topological polar surface area (TPSA) is 81.9 Å². The third kappa shape index (κ3) is 6.19. The zero-order chi connectivity index (χ0) is 22.1. The number of benzene rings is 1. The molecule has 0 aromatic heterocycles. The monoisotopic (exact) mass is 418 g/mol. The molecule has 0 unspecified atom stereocenters. The first kappa shape index (κ1) is 24.2. The summed E-state index contributed by atoms with van der Waals surface area (Å²) in [4.78, 5) is 4.42. The van der Waals surface area contributed by atoms with E-state index in [1.807, 2.05) is 36.9 Å². The highest BCUT2D eigenvalue weighted by Gasteiger charge is 2.27. The van der Waals surface area contributed by atoms with Gasteiger partial charge in [0.05, 0.1) is 20.3 Å². The molecule has 3 rings (SSSR count). The van der Waals surface area contributed by atoms with Crippen LogP contribution in [0.25, 0.3) is 0 Å². The van der Waals surface area contributed by atoms with Crippen molar-refractivity contribution in [2.24, 2.45) is 0 Å². The summed E-state index contributed by atoms with van der Waals surface area (Å²) in [7, 11) is 1.64. The first-order chi connectivity index (χ1) is 14.5. The van der Waals surface area contributed by atoms with Gasteiger partial charge in [-0.25, -0.2) is 0 Å². The van der Waals surface area contributed by atoms with E-state index in [0.717, 1.165) is 63.5 Å². The molecule has 30 heavy (non-hydrogen) atoms. The largest absolute Gasteiger partial charge is 0.496 e. The highest BCUT2D eigenvalue weighted by molar-refractivity contribution is 5.99. The first-order valence-electron chi connectivity index (χ1n) is 11.1. The van der Waals surface area contributed by atoms with Gasteiger partial charge in [-0.05, 0) is 36.5 Å². The van der Waals surface area contributed by atoms with Gasteiger partial charge in [-0.1, -0.05) is 33.8 Å². The van der Waals surface area contributed by atoms with Crippen LogP contribution >= 0.6 is 0 Å². The predicted molar refractivity (Wildman–Crippen MR) is 121 cm³/mol. The molecule has 0 spiro atoms. The Hall–Kier alpha value is -2.12. The van der Waals surface area contributed by atoms with Gasteiger partial charge in [0.25, 0.3) is 6.02 Å². The van der Waals surface area contributed by atoms with Crippen molar-refractivity contribution in [2.45, 2.75) is 52.5 Å². The van der Waals surface area contributed by atoms with E-state index in [4.69, 9.17) is 25.0 Å². The van der Waals surface area contributed by atoms with Crippen molar-refractivity contribution in [1.29, 1.82) is 10.8 Å². The number of piperidine rings is 1. The van der Waals surface area contributed by atoms with Gasteiger partial charge in [0, 0.05) is 37.8 Å². The molecular weight excluding hydrogens is 380 g/mol. The molecule has 168 valence electrons. The summed E-state index contributed by atoms with van der Waals surface area (Å²) in [6, 6.07) is 6.25. The van der Waals surface area contributed by atoms with Crippen molar-refractivity contribution in [1.82, 2.24) is 9.80 Å². The fourth-order valence-corrected chi connectivity index (χ4v) is 3.93. The molecule has 2 N–H and O–H groups in total. The third-order valence-corrected chi connectivity index (χ3v) is 5.63. The van der Waals surface area contributed by atoms with E-state index in [1.54, 1.807) is 7.11 Å². The Kier molecular flexibility index (Phi) is 9.59. The Balaban J connectivity index is 0.00000155. The molecule has 2 aliphatic rings. The highest BCUT2D eigenvalue weighted by atomic mass is 16.5. The van der Waals surface area contributed by atoms with Crippen molar-refractivity contribution in [3.05, 3.63) is 29.3 Å². The molecule has 2 fully saturated rings. The van der Waals surface area contributed by atoms with E-state index in [0.29, 0.717) is 17.5 Å². The quantitative estimate of drug-likeness (QED) is 0.572. The Morgan fingerprint density at radius 2 is 1.70 bits per heavy atom. The first-order valence-corrected chi connectivity index (χ1v) is 11.1. The minimum atomic E-state index is -0.0195. The molecule has 1 aromatic rings. The van der Waals surface area contributed by atoms with Crippen LogP contribution in [0.4, 0.5) is 0 Å². The average Bonchev–Trinajstić information content (AvgIpc) is 2.80. The standard InChI is InChI=1S/C21H32N4O3.C2H6/c1-15(2)18-5-4-16(14-19(18)26-3)20(22)28-21(23)25-8-6-17(7-9-25)24-10-12-27-13-11-24;1-2/h4-5,14-15,17,22-23H,6-13H2,1-3H3;1-2H3. The fourth-order valence-electron chi connectivity index (χ4n) is 3.93. The second kappa shape index (κ2) is 11.9. The van der Waals surface area contributed by atoms with Crippen molar-refractivity contribution in [2.75, 3.05) is 46.5 Å². The molecule has 0 atom stereocenters. The van der Waals surface area contributed by atoms with Gasteiger partial charge in [-0.3, -0.25) is 15.7 Å². The summed E-state index contributed by atoms with van der Waals surface area (Å²) in [5.41, 5.74) is 1.72. The maximum atomic E-state index is 8.28. The number of nitrogens with one attached hydrogen (secondary N) is 2. The maximum absolute atomic E-state index is 8.28. The Labute approximate surface area is 181 Å². The van der Waals surface area contributed by atoms with Crippen LogP contribution < -0.4 is 4.74 Å². The lowest BCUT2D eigenvalue weighted by Crippen LogP contribution is -2.50.